The van der Waals surface area contributed by atoms with Gasteiger partial charge in [0.15, 0.2) is 11.5 Å². The molecule has 5 nitrogen and oxygen atoms in total. The molecule has 0 radical (unpaired) electrons. The van der Waals surface area contributed by atoms with Gasteiger partial charge in [0, 0.05) is 0 Å². The summed E-state index contributed by atoms with van der Waals surface area (Å²) in [4.78, 5) is 0. The first-order valence-electron chi connectivity index (χ1n) is 6.81. The van der Waals surface area contributed by atoms with E-state index in [0.717, 1.165) is 0 Å². The fourth-order valence-electron chi connectivity index (χ4n) is 2.16. The molecule has 1 atom stereocenters. The summed E-state index contributed by atoms with van der Waals surface area (Å²) in [5.74, 6) is -0.141. The number of alkyl halides is 3. The van der Waals surface area contributed by atoms with Gasteiger partial charge in [0.2, 0.25) is 5.75 Å². The van der Waals surface area contributed by atoms with Crippen molar-refractivity contribution in [2.24, 2.45) is 5.73 Å². The monoisotopic (exact) mass is 379 g/mol. The highest BCUT2D eigenvalue weighted by Crippen LogP contribution is 2.39. The van der Waals surface area contributed by atoms with Crippen LogP contribution in [0.25, 0.3) is 0 Å². The lowest BCUT2D eigenvalue weighted by atomic mass is 9.98. The fraction of sp³-hybridized carbons (Fsp3) is 0.250. The largest absolute Gasteiger partial charge is 0.573 e. The van der Waals surface area contributed by atoms with E-state index in [4.69, 9.17) is 15.2 Å². The summed E-state index contributed by atoms with van der Waals surface area (Å²) in [6.45, 7) is 0. The second-order valence-electron chi connectivity index (χ2n) is 4.87. The number of phenols is 1. The first kappa shape index (κ1) is 20.7. The van der Waals surface area contributed by atoms with Crippen molar-refractivity contribution in [1.29, 1.82) is 0 Å². The maximum Gasteiger partial charge on any atom is 0.573 e. The van der Waals surface area contributed by atoms with E-state index in [-0.39, 0.29) is 35.4 Å². The molecule has 0 fully saturated rings. The summed E-state index contributed by atoms with van der Waals surface area (Å²) in [5, 5.41) is 9.90. The zero-order chi connectivity index (χ0) is 17.9. The highest BCUT2D eigenvalue weighted by Gasteiger charge is 2.31. The van der Waals surface area contributed by atoms with Gasteiger partial charge in [-0.05, 0) is 35.4 Å². The van der Waals surface area contributed by atoms with E-state index in [9.17, 15) is 18.3 Å². The topological polar surface area (TPSA) is 73.9 Å². The number of rotatable bonds is 5. The molecule has 2 aromatic carbocycles. The van der Waals surface area contributed by atoms with Gasteiger partial charge in [-0.1, -0.05) is 12.1 Å². The van der Waals surface area contributed by atoms with Crippen molar-refractivity contribution in [3.8, 4) is 23.0 Å². The normalized spacial score (nSPS) is 12.1. The minimum absolute atomic E-state index is 0. The predicted octanol–water partition coefficient (Wildman–Crippen LogP) is 3.78. The molecule has 0 amide bonds. The number of benzene rings is 2. The van der Waals surface area contributed by atoms with Gasteiger partial charge in [0.1, 0.15) is 5.75 Å². The van der Waals surface area contributed by atoms with Gasteiger partial charge >= 0.3 is 6.36 Å². The molecule has 0 bridgehead atoms. The zero-order valence-corrected chi connectivity index (χ0v) is 14.1. The first-order valence-corrected chi connectivity index (χ1v) is 6.81. The van der Waals surface area contributed by atoms with Gasteiger partial charge in [-0.25, -0.2) is 0 Å². The van der Waals surface area contributed by atoms with Crippen LogP contribution in [-0.4, -0.2) is 25.7 Å². The molecule has 0 saturated heterocycles. The maximum atomic E-state index is 12.2. The van der Waals surface area contributed by atoms with Crippen LogP contribution in [0.4, 0.5) is 13.2 Å². The molecule has 2 rings (SSSR count). The van der Waals surface area contributed by atoms with Gasteiger partial charge in [-0.15, -0.1) is 25.6 Å². The second kappa shape index (κ2) is 8.17. The molecule has 0 saturated carbocycles. The smallest absolute Gasteiger partial charge is 0.502 e. The lowest BCUT2D eigenvalue weighted by Gasteiger charge is -2.17. The van der Waals surface area contributed by atoms with Crippen LogP contribution in [0.5, 0.6) is 23.0 Å². The van der Waals surface area contributed by atoms with Crippen LogP contribution in [0.1, 0.15) is 17.2 Å². The Morgan fingerprint density at radius 1 is 0.960 bits per heavy atom. The summed E-state index contributed by atoms with van der Waals surface area (Å²) in [7, 11) is 2.76. The average molecular weight is 380 g/mol. The van der Waals surface area contributed by atoms with Gasteiger partial charge in [-0.2, -0.15) is 0 Å². The fourth-order valence-corrected chi connectivity index (χ4v) is 2.16. The number of aromatic hydroxyl groups is 1. The molecule has 0 aliphatic rings. The molecule has 0 aromatic heterocycles. The highest BCUT2D eigenvalue weighted by molar-refractivity contribution is 5.85. The van der Waals surface area contributed by atoms with E-state index < -0.39 is 12.4 Å². The number of halogens is 4. The van der Waals surface area contributed by atoms with Crippen LogP contribution in [0.15, 0.2) is 36.4 Å². The van der Waals surface area contributed by atoms with Crippen molar-refractivity contribution in [2.45, 2.75) is 12.4 Å². The Bertz CT molecular complexity index is 683. The Morgan fingerprint density at radius 3 is 1.84 bits per heavy atom. The van der Waals surface area contributed by atoms with Gasteiger partial charge in [0.25, 0.3) is 0 Å². The van der Waals surface area contributed by atoms with E-state index in [1.54, 1.807) is 0 Å². The SMILES string of the molecule is COc1cc([C@@H](N)c2ccc(OC(F)(F)F)cc2)cc(OC)c1O.Cl. The second-order valence-corrected chi connectivity index (χ2v) is 4.87. The number of hydrogen-bond donors (Lipinski definition) is 2. The van der Waals surface area contributed by atoms with Crippen molar-refractivity contribution < 1.29 is 32.5 Å². The Morgan fingerprint density at radius 2 is 1.44 bits per heavy atom. The quantitative estimate of drug-likeness (QED) is 0.827. The van der Waals surface area contributed by atoms with Gasteiger partial charge in [0.05, 0.1) is 20.3 Å². The van der Waals surface area contributed by atoms with E-state index in [0.29, 0.717) is 11.1 Å². The summed E-state index contributed by atoms with van der Waals surface area (Å²) < 4.78 is 50.4. The van der Waals surface area contributed by atoms with E-state index in [2.05, 4.69) is 4.74 Å². The minimum atomic E-state index is -4.75. The van der Waals surface area contributed by atoms with E-state index in [1.807, 2.05) is 0 Å². The third-order valence-electron chi connectivity index (χ3n) is 3.33. The van der Waals surface area contributed by atoms with Crippen LogP contribution in [0.2, 0.25) is 0 Å². The molecule has 0 aliphatic heterocycles. The molecule has 138 valence electrons. The summed E-state index contributed by atoms with van der Waals surface area (Å²) in [6.07, 6.45) is -4.75. The van der Waals surface area contributed by atoms with Crippen molar-refractivity contribution in [3.63, 3.8) is 0 Å². The number of phenolic OH excluding ortho intramolecular Hbond substituents is 1. The minimum Gasteiger partial charge on any atom is -0.502 e. The number of hydrogen-bond acceptors (Lipinski definition) is 5. The van der Waals surface area contributed by atoms with Crippen molar-refractivity contribution in [2.75, 3.05) is 14.2 Å². The van der Waals surface area contributed by atoms with Crippen LogP contribution in [0.3, 0.4) is 0 Å². The Balaban J connectivity index is 0.00000312. The molecule has 0 heterocycles. The lowest BCUT2D eigenvalue weighted by Crippen LogP contribution is -2.17. The lowest BCUT2D eigenvalue weighted by molar-refractivity contribution is -0.274. The molecule has 0 spiro atoms. The standard InChI is InChI=1S/C16H16F3NO4.ClH/c1-22-12-7-10(8-13(23-2)15(12)21)14(20)9-3-5-11(6-4-9)24-16(17,18)19;/h3-8,14,21H,20H2,1-2H3;1H/t14-;/m0./s1. The maximum absolute atomic E-state index is 12.2. The molecule has 3 N–H and O–H groups in total. The van der Waals surface area contributed by atoms with Crippen LogP contribution >= 0.6 is 12.4 Å². The zero-order valence-electron chi connectivity index (χ0n) is 13.3. The Labute approximate surface area is 148 Å². The highest BCUT2D eigenvalue weighted by atomic mass is 35.5. The third kappa shape index (κ3) is 5.07. The van der Waals surface area contributed by atoms with Crippen LogP contribution in [-0.2, 0) is 0 Å². The molecular weight excluding hydrogens is 363 g/mol. The Kier molecular flexibility index (Phi) is 6.78. The summed E-state index contributed by atoms with van der Waals surface area (Å²) >= 11 is 0. The van der Waals surface area contributed by atoms with Crippen molar-refractivity contribution in [3.05, 3.63) is 47.5 Å². The third-order valence-corrected chi connectivity index (χ3v) is 3.33. The molecule has 25 heavy (non-hydrogen) atoms. The van der Waals surface area contributed by atoms with Crippen molar-refractivity contribution in [1.82, 2.24) is 0 Å². The van der Waals surface area contributed by atoms with Crippen LogP contribution in [0, 0.1) is 0 Å². The molecule has 0 aliphatic carbocycles. The van der Waals surface area contributed by atoms with Crippen LogP contribution < -0.4 is 19.9 Å². The summed E-state index contributed by atoms with van der Waals surface area (Å²) in [6, 6.07) is 7.61. The molecule has 0 unspecified atom stereocenters. The number of nitrogens with two attached hydrogens (primary N) is 1. The molecule has 2 aromatic rings. The van der Waals surface area contributed by atoms with Gasteiger partial charge in [-0.3, -0.25) is 0 Å². The number of methoxy groups -OCH3 is 2. The average Bonchev–Trinajstić information content (AvgIpc) is 2.53. The first-order chi connectivity index (χ1) is 11.2. The predicted molar refractivity (Wildman–Crippen MR) is 87.6 cm³/mol. The van der Waals surface area contributed by atoms with Gasteiger partial charge < -0.3 is 25.1 Å². The van der Waals surface area contributed by atoms with E-state index in [1.165, 1.54) is 50.6 Å². The Hall–Kier alpha value is -2.32. The van der Waals surface area contributed by atoms with E-state index >= 15 is 0 Å². The number of ether oxygens (including phenoxy) is 3. The molecular formula is C16H17ClF3NO4. The van der Waals surface area contributed by atoms with Crippen molar-refractivity contribution >= 4 is 12.4 Å². The molecule has 9 heteroatoms. The summed E-state index contributed by atoms with van der Waals surface area (Å²) in [5.41, 5.74) is 7.25.